The number of hydrogen-bond donors (Lipinski definition) is 2. The van der Waals surface area contributed by atoms with Gasteiger partial charge in [0.05, 0.1) is 13.2 Å². The third kappa shape index (κ3) is 8.85. The van der Waals surface area contributed by atoms with Crippen LogP contribution in [0.2, 0.25) is 0 Å². The van der Waals surface area contributed by atoms with Gasteiger partial charge in [0.25, 0.3) is 0 Å². The number of nitrogens with one attached hydrogen (secondary N) is 1. The maximum absolute atomic E-state index is 13.0. The highest BCUT2D eigenvalue weighted by atomic mass is 16.3. The number of rotatable bonds is 12. The highest BCUT2D eigenvalue weighted by Crippen LogP contribution is 2.37. The van der Waals surface area contributed by atoms with Crippen LogP contribution in [0.25, 0.3) is 16.5 Å². The van der Waals surface area contributed by atoms with Crippen LogP contribution in [0.4, 0.5) is 0 Å². The molecule has 3 rings (SSSR count). The summed E-state index contributed by atoms with van der Waals surface area (Å²) in [6.45, 7) is 18.9. The summed E-state index contributed by atoms with van der Waals surface area (Å²) in [4.78, 5) is 20.9. The van der Waals surface area contributed by atoms with Crippen LogP contribution in [-0.2, 0) is 4.79 Å². The van der Waals surface area contributed by atoms with Crippen LogP contribution < -0.4 is 0 Å². The number of H-pyrrole nitrogens is 1. The van der Waals surface area contributed by atoms with Gasteiger partial charge in [0.1, 0.15) is 0 Å². The highest BCUT2D eigenvalue weighted by Gasteiger charge is 2.25. The molecule has 2 N–H and O–H groups in total. The Kier molecular flexibility index (Phi) is 13.7. The maximum Gasteiger partial charge on any atom is 0.236 e. The molecule has 1 fully saturated rings. The highest BCUT2D eigenvalue weighted by molar-refractivity contribution is 5.92. The molecular weight excluding hydrogens is 494 g/mol. The van der Waals surface area contributed by atoms with Gasteiger partial charge in [-0.05, 0) is 92.8 Å². The molecule has 1 aliphatic rings. The maximum atomic E-state index is 13.0. The summed E-state index contributed by atoms with van der Waals surface area (Å²) in [6, 6.07) is 7.00. The third-order valence-electron chi connectivity index (χ3n) is 7.97. The Bertz CT molecular complexity index is 1160. The van der Waals surface area contributed by atoms with Crippen molar-refractivity contribution in [3.05, 3.63) is 52.7 Å². The molecule has 1 amide bonds. The minimum Gasteiger partial charge on any atom is -0.395 e. The minimum absolute atomic E-state index is 0.0238. The number of aliphatic hydroxyl groups is 1. The Morgan fingerprint density at radius 3 is 2.40 bits per heavy atom. The number of piperidine rings is 1. The number of terminal acetylenes is 1. The molecule has 220 valence electrons. The van der Waals surface area contributed by atoms with E-state index in [1.165, 1.54) is 38.9 Å². The summed E-state index contributed by atoms with van der Waals surface area (Å²) in [5, 5.41) is 10.8. The Labute approximate surface area is 243 Å². The molecule has 0 saturated carbocycles. The van der Waals surface area contributed by atoms with Gasteiger partial charge in [-0.15, -0.1) is 12.8 Å². The van der Waals surface area contributed by atoms with E-state index in [9.17, 15) is 9.90 Å². The van der Waals surface area contributed by atoms with Gasteiger partial charge < -0.3 is 15.0 Å². The van der Waals surface area contributed by atoms with Crippen LogP contribution in [0.5, 0.6) is 0 Å². The fourth-order valence-electron chi connectivity index (χ4n) is 5.74. The van der Waals surface area contributed by atoms with Gasteiger partial charge in [0.15, 0.2) is 0 Å². The number of aromatic nitrogens is 1. The van der Waals surface area contributed by atoms with Crippen LogP contribution in [-0.4, -0.2) is 65.1 Å². The Morgan fingerprint density at radius 2 is 1.85 bits per heavy atom. The van der Waals surface area contributed by atoms with E-state index >= 15 is 0 Å². The number of allylic oxidation sites excluding steroid dienone is 4. The standard InChI is InChI=1S/C33H51N3O2.C2H2/c1-8-10-28(19-23(3)4)33-32(24(5)6)29-20-27(11-12-30(29)34-33)26-13-15-35(16-14-26)22-31(38)36(17-18-37)21-25(7)9-2;1-2/h10-12,19-20,24-26,34,37H,8-9,13-18,21-22H2,1-7H3;1-2H/b28-10+;. The smallest absolute Gasteiger partial charge is 0.236 e. The number of amides is 1. The molecule has 1 aromatic carbocycles. The molecule has 1 unspecified atom stereocenters. The summed E-state index contributed by atoms with van der Waals surface area (Å²) in [5.41, 5.74) is 7.89. The number of carbonyl (C=O) groups is 1. The monoisotopic (exact) mass is 547 g/mol. The molecular formula is C35H53N3O2. The topological polar surface area (TPSA) is 59.6 Å². The normalized spacial score (nSPS) is 15.5. The van der Waals surface area contributed by atoms with Crippen LogP contribution in [0.3, 0.4) is 0 Å². The zero-order valence-corrected chi connectivity index (χ0v) is 26.1. The van der Waals surface area contributed by atoms with Gasteiger partial charge in [-0.2, -0.15) is 0 Å². The van der Waals surface area contributed by atoms with Crippen LogP contribution in [0.1, 0.15) is 103 Å². The average molecular weight is 548 g/mol. The number of aliphatic hydroxyl groups excluding tert-OH is 1. The van der Waals surface area contributed by atoms with Gasteiger partial charge in [-0.3, -0.25) is 9.69 Å². The van der Waals surface area contributed by atoms with Crippen molar-refractivity contribution in [2.75, 3.05) is 39.3 Å². The van der Waals surface area contributed by atoms with E-state index in [2.05, 4.69) is 102 Å². The van der Waals surface area contributed by atoms with E-state index in [4.69, 9.17) is 0 Å². The molecule has 1 aliphatic heterocycles. The van der Waals surface area contributed by atoms with E-state index < -0.39 is 0 Å². The van der Waals surface area contributed by atoms with Crippen LogP contribution in [0.15, 0.2) is 35.9 Å². The largest absolute Gasteiger partial charge is 0.395 e. The van der Waals surface area contributed by atoms with E-state index in [1.54, 1.807) is 0 Å². The molecule has 5 nitrogen and oxygen atoms in total. The SMILES string of the molecule is C#C.CC/C=C(\C=C(C)C)c1[nH]c2ccc(C3CCN(CC(=O)N(CCO)CC(C)CC)CC3)cc2c1C(C)C. The van der Waals surface area contributed by atoms with Crippen molar-refractivity contribution in [3.63, 3.8) is 0 Å². The Balaban J connectivity index is 0.00000274. The lowest BCUT2D eigenvalue weighted by molar-refractivity contribution is -0.133. The van der Waals surface area contributed by atoms with E-state index in [0.717, 1.165) is 45.3 Å². The van der Waals surface area contributed by atoms with E-state index in [0.29, 0.717) is 30.8 Å². The van der Waals surface area contributed by atoms with E-state index in [1.807, 2.05) is 4.90 Å². The second-order valence-electron chi connectivity index (χ2n) is 11.8. The lowest BCUT2D eigenvalue weighted by atomic mass is 9.87. The second kappa shape index (κ2) is 16.5. The van der Waals surface area contributed by atoms with Crippen LogP contribution in [0, 0.1) is 18.8 Å². The summed E-state index contributed by atoms with van der Waals surface area (Å²) in [6.07, 6.45) is 16.8. The number of likely N-dealkylation sites (tertiary alicyclic amines) is 1. The quantitative estimate of drug-likeness (QED) is 0.216. The summed E-state index contributed by atoms with van der Waals surface area (Å²) < 4.78 is 0. The summed E-state index contributed by atoms with van der Waals surface area (Å²) in [5.74, 6) is 1.53. The number of carbonyl (C=O) groups excluding carboxylic acids is 1. The number of fused-ring (bicyclic) bond motifs is 1. The fourth-order valence-corrected chi connectivity index (χ4v) is 5.74. The van der Waals surface area contributed by atoms with Gasteiger partial charge in [0, 0.05) is 29.7 Å². The lowest BCUT2D eigenvalue weighted by Gasteiger charge is -2.34. The molecule has 5 heteroatoms. The number of nitrogens with zero attached hydrogens (tertiary/aromatic N) is 2. The molecule has 2 heterocycles. The van der Waals surface area contributed by atoms with Crippen molar-refractivity contribution in [3.8, 4) is 12.8 Å². The lowest BCUT2D eigenvalue weighted by Crippen LogP contribution is -2.45. The van der Waals surface area contributed by atoms with Crippen LogP contribution >= 0.6 is 0 Å². The van der Waals surface area contributed by atoms with Crippen molar-refractivity contribution in [2.24, 2.45) is 5.92 Å². The first-order valence-electron chi connectivity index (χ1n) is 15.1. The molecule has 0 radical (unpaired) electrons. The molecule has 0 aliphatic carbocycles. The third-order valence-corrected chi connectivity index (χ3v) is 7.97. The van der Waals surface area contributed by atoms with Crippen molar-refractivity contribution >= 4 is 22.4 Å². The molecule has 0 bridgehead atoms. The van der Waals surface area contributed by atoms with Crippen molar-refractivity contribution in [2.45, 2.75) is 86.0 Å². The van der Waals surface area contributed by atoms with Gasteiger partial charge in [0.2, 0.25) is 5.91 Å². The molecule has 1 atom stereocenters. The Hall–Kier alpha value is -2.81. The molecule has 0 spiro atoms. The second-order valence-corrected chi connectivity index (χ2v) is 11.8. The first-order valence-corrected chi connectivity index (χ1v) is 15.1. The fraction of sp³-hybridized carbons (Fsp3) is 0.571. The molecule has 2 aromatic rings. The van der Waals surface area contributed by atoms with Crippen molar-refractivity contribution < 1.29 is 9.90 Å². The number of aromatic amines is 1. The summed E-state index contributed by atoms with van der Waals surface area (Å²) >= 11 is 0. The van der Waals surface area contributed by atoms with Gasteiger partial charge >= 0.3 is 0 Å². The van der Waals surface area contributed by atoms with E-state index in [-0.39, 0.29) is 12.5 Å². The van der Waals surface area contributed by atoms with Crippen molar-refractivity contribution in [1.82, 2.24) is 14.8 Å². The minimum atomic E-state index is 0.0238. The Morgan fingerprint density at radius 1 is 1.18 bits per heavy atom. The first-order chi connectivity index (χ1) is 19.2. The van der Waals surface area contributed by atoms with Gasteiger partial charge in [-0.25, -0.2) is 0 Å². The zero-order chi connectivity index (χ0) is 29.8. The predicted octanol–water partition coefficient (Wildman–Crippen LogP) is 7.35. The summed E-state index contributed by atoms with van der Waals surface area (Å²) in [7, 11) is 0. The molecule has 40 heavy (non-hydrogen) atoms. The van der Waals surface area contributed by atoms with Crippen molar-refractivity contribution in [1.29, 1.82) is 0 Å². The first kappa shape index (κ1) is 33.4. The molecule has 1 saturated heterocycles. The zero-order valence-electron chi connectivity index (χ0n) is 26.1. The predicted molar refractivity (Wildman–Crippen MR) is 172 cm³/mol. The van der Waals surface area contributed by atoms with Gasteiger partial charge in [-0.1, -0.05) is 64.8 Å². The average Bonchev–Trinajstić information content (AvgIpc) is 3.33. The molecule has 1 aromatic heterocycles. The number of benzene rings is 1. The number of hydrogen-bond acceptors (Lipinski definition) is 3.